The molecule has 2 aromatic rings. The van der Waals surface area contributed by atoms with Crippen LogP contribution in [-0.2, 0) is 0 Å². The fourth-order valence-corrected chi connectivity index (χ4v) is 2.04. The van der Waals surface area contributed by atoms with Crippen LogP contribution in [0.25, 0.3) is 11.4 Å². The first-order chi connectivity index (χ1) is 10.2. The van der Waals surface area contributed by atoms with Crippen molar-refractivity contribution in [2.45, 2.75) is 34.1 Å². The summed E-state index contributed by atoms with van der Waals surface area (Å²) in [6, 6.07) is 7.91. The molecule has 0 amide bonds. The van der Waals surface area contributed by atoms with Crippen molar-refractivity contribution in [3.63, 3.8) is 0 Å². The SMILES string of the molecule is CCCNc1nc(-c2ccc(OCC)cc2)nc(C)c1C. The van der Waals surface area contributed by atoms with Gasteiger partial charge in [0.2, 0.25) is 0 Å². The summed E-state index contributed by atoms with van der Waals surface area (Å²) in [6.45, 7) is 9.78. The van der Waals surface area contributed by atoms with Crippen molar-refractivity contribution in [3.05, 3.63) is 35.5 Å². The summed E-state index contributed by atoms with van der Waals surface area (Å²) in [5.41, 5.74) is 3.12. The summed E-state index contributed by atoms with van der Waals surface area (Å²) in [6.07, 6.45) is 1.07. The first-order valence-corrected chi connectivity index (χ1v) is 7.48. The predicted octanol–water partition coefficient (Wildman–Crippen LogP) is 3.98. The highest BCUT2D eigenvalue weighted by Crippen LogP contribution is 2.23. The summed E-state index contributed by atoms with van der Waals surface area (Å²) in [5.74, 6) is 2.54. The number of rotatable bonds is 6. The van der Waals surface area contributed by atoms with E-state index in [9.17, 15) is 0 Å². The molecule has 1 aromatic carbocycles. The number of hydrogen-bond acceptors (Lipinski definition) is 4. The Kier molecular flexibility index (Phi) is 5.14. The fraction of sp³-hybridized carbons (Fsp3) is 0.412. The van der Waals surface area contributed by atoms with Gasteiger partial charge >= 0.3 is 0 Å². The first kappa shape index (κ1) is 15.3. The van der Waals surface area contributed by atoms with E-state index >= 15 is 0 Å². The molecule has 0 fully saturated rings. The van der Waals surface area contributed by atoms with Crippen LogP contribution in [-0.4, -0.2) is 23.1 Å². The molecule has 4 heteroatoms. The molecule has 0 atom stereocenters. The van der Waals surface area contributed by atoms with Gasteiger partial charge in [0.1, 0.15) is 11.6 Å². The van der Waals surface area contributed by atoms with Crippen molar-refractivity contribution in [2.24, 2.45) is 0 Å². The van der Waals surface area contributed by atoms with Crippen LogP contribution >= 0.6 is 0 Å². The van der Waals surface area contributed by atoms with Gasteiger partial charge in [-0.25, -0.2) is 9.97 Å². The standard InChI is InChI=1S/C17H23N3O/c1-5-11-18-16-12(3)13(4)19-17(20-16)14-7-9-15(10-8-14)21-6-2/h7-10H,5-6,11H2,1-4H3,(H,18,19,20). The molecule has 0 aliphatic heterocycles. The number of nitrogens with one attached hydrogen (secondary N) is 1. The number of aromatic nitrogens is 2. The third kappa shape index (κ3) is 3.72. The van der Waals surface area contributed by atoms with Crippen LogP contribution in [0.2, 0.25) is 0 Å². The van der Waals surface area contributed by atoms with Gasteiger partial charge in [-0.3, -0.25) is 0 Å². The van der Waals surface area contributed by atoms with Crippen LogP contribution in [0.4, 0.5) is 5.82 Å². The molecule has 0 aliphatic rings. The maximum Gasteiger partial charge on any atom is 0.161 e. The van der Waals surface area contributed by atoms with Gasteiger partial charge in [0, 0.05) is 23.4 Å². The van der Waals surface area contributed by atoms with Gasteiger partial charge in [-0.15, -0.1) is 0 Å². The van der Waals surface area contributed by atoms with Gasteiger partial charge in [0.25, 0.3) is 0 Å². The Labute approximate surface area is 126 Å². The van der Waals surface area contributed by atoms with Crippen molar-refractivity contribution >= 4 is 5.82 Å². The van der Waals surface area contributed by atoms with Crippen molar-refractivity contribution in [2.75, 3.05) is 18.5 Å². The highest BCUT2D eigenvalue weighted by Gasteiger charge is 2.09. The van der Waals surface area contributed by atoms with E-state index in [1.165, 1.54) is 0 Å². The molecule has 0 unspecified atom stereocenters. The number of aryl methyl sites for hydroxylation is 1. The molecule has 4 nitrogen and oxygen atoms in total. The zero-order chi connectivity index (χ0) is 15.2. The molecule has 0 bridgehead atoms. The Balaban J connectivity index is 2.32. The number of hydrogen-bond donors (Lipinski definition) is 1. The van der Waals surface area contributed by atoms with E-state index in [4.69, 9.17) is 4.74 Å². The number of benzene rings is 1. The third-order valence-electron chi connectivity index (χ3n) is 3.36. The van der Waals surface area contributed by atoms with Crippen molar-refractivity contribution in [1.82, 2.24) is 9.97 Å². The molecule has 1 N–H and O–H groups in total. The van der Waals surface area contributed by atoms with E-state index in [-0.39, 0.29) is 0 Å². The number of anilines is 1. The summed E-state index contributed by atoms with van der Waals surface area (Å²) < 4.78 is 5.46. The maximum atomic E-state index is 5.46. The van der Waals surface area contributed by atoms with Crippen molar-refractivity contribution in [1.29, 1.82) is 0 Å². The molecule has 0 radical (unpaired) electrons. The summed E-state index contributed by atoms with van der Waals surface area (Å²) >= 11 is 0. The quantitative estimate of drug-likeness (QED) is 0.872. The molecular formula is C17H23N3O. The minimum Gasteiger partial charge on any atom is -0.494 e. The van der Waals surface area contributed by atoms with Crippen LogP contribution < -0.4 is 10.1 Å². The van der Waals surface area contributed by atoms with Gasteiger partial charge in [0.15, 0.2) is 5.82 Å². The topological polar surface area (TPSA) is 47.0 Å². The molecule has 21 heavy (non-hydrogen) atoms. The molecule has 112 valence electrons. The van der Waals surface area contributed by atoms with Gasteiger partial charge in [-0.1, -0.05) is 6.92 Å². The lowest BCUT2D eigenvalue weighted by Crippen LogP contribution is -2.07. The lowest BCUT2D eigenvalue weighted by molar-refractivity contribution is 0.340. The average Bonchev–Trinajstić information content (AvgIpc) is 2.50. The average molecular weight is 285 g/mol. The van der Waals surface area contributed by atoms with Crippen LogP contribution in [0, 0.1) is 13.8 Å². The second-order valence-corrected chi connectivity index (χ2v) is 4.99. The largest absolute Gasteiger partial charge is 0.494 e. The highest BCUT2D eigenvalue weighted by molar-refractivity contribution is 5.60. The zero-order valence-electron chi connectivity index (χ0n) is 13.2. The van der Waals surface area contributed by atoms with Crippen LogP contribution in [0.5, 0.6) is 5.75 Å². The summed E-state index contributed by atoms with van der Waals surface area (Å²) in [4.78, 5) is 9.25. The number of nitrogens with zero attached hydrogens (tertiary/aromatic N) is 2. The molecule has 0 spiro atoms. The number of ether oxygens (including phenoxy) is 1. The normalized spacial score (nSPS) is 10.5. The monoisotopic (exact) mass is 285 g/mol. The first-order valence-electron chi connectivity index (χ1n) is 7.48. The molecule has 0 aliphatic carbocycles. The van der Waals surface area contributed by atoms with E-state index in [2.05, 4.69) is 29.1 Å². The van der Waals surface area contributed by atoms with Gasteiger partial charge in [0.05, 0.1) is 6.61 Å². The molecule has 0 saturated carbocycles. The van der Waals surface area contributed by atoms with E-state index < -0.39 is 0 Å². The van der Waals surface area contributed by atoms with E-state index in [1.807, 2.05) is 38.1 Å². The molecule has 0 saturated heterocycles. The molecule has 1 aromatic heterocycles. The minimum absolute atomic E-state index is 0.671. The van der Waals surface area contributed by atoms with Crippen molar-refractivity contribution in [3.8, 4) is 17.1 Å². The third-order valence-corrected chi connectivity index (χ3v) is 3.36. The van der Waals surface area contributed by atoms with Crippen LogP contribution in [0.3, 0.4) is 0 Å². The highest BCUT2D eigenvalue weighted by atomic mass is 16.5. The molecular weight excluding hydrogens is 262 g/mol. The molecule has 1 heterocycles. The second kappa shape index (κ2) is 7.07. The second-order valence-electron chi connectivity index (χ2n) is 4.99. The summed E-state index contributed by atoms with van der Waals surface area (Å²) in [5, 5.41) is 3.37. The Morgan fingerprint density at radius 3 is 2.38 bits per heavy atom. The summed E-state index contributed by atoms with van der Waals surface area (Å²) in [7, 11) is 0. The van der Waals surface area contributed by atoms with Crippen molar-refractivity contribution < 1.29 is 4.74 Å². The van der Waals surface area contributed by atoms with E-state index in [0.717, 1.165) is 47.2 Å². The Morgan fingerprint density at radius 2 is 1.76 bits per heavy atom. The van der Waals surface area contributed by atoms with Crippen LogP contribution in [0.15, 0.2) is 24.3 Å². The Morgan fingerprint density at radius 1 is 1.05 bits per heavy atom. The van der Waals surface area contributed by atoms with Gasteiger partial charge < -0.3 is 10.1 Å². The van der Waals surface area contributed by atoms with Gasteiger partial charge in [-0.2, -0.15) is 0 Å². The van der Waals surface area contributed by atoms with Gasteiger partial charge in [-0.05, 0) is 51.5 Å². The minimum atomic E-state index is 0.671. The van der Waals surface area contributed by atoms with E-state index in [0.29, 0.717) is 6.61 Å². The Hall–Kier alpha value is -2.10. The fourth-order valence-electron chi connectivity index (χ4n) is 2.04. The Bertz CT molecular complexity index is 594. The van der Waals surface area contributed by atoms with E-state index in [1.54, 1.807) is 0 Å². The lowest BCUT2D eigenvalue weighted by Gasteiger charge is -2.12. The smallest absolute Gasteiger partial charge is 0.161 e. The lowest BCUT2D eigenvalue weighted by atomic mass is 10.1. The molecule has 2 rings (SSSR count). The van der Waals surface area contributed by atoms with Crippen LogP contribution in [0.1, 0.15) is 31.5 Å². The predicted molar refractivity (Wildman–Crippen MR) is 86.9 cm³/mol. The zero-order valence-corrected chi connectivity index (χ0v) is 13.2. The maximum absolute atomic E-state index is 5.46.